The van der Waals surface area contributed by atoms with Crippen molar-refractivity contribution in [2.75, 3.05) is 20.1 Å². The second kappa shape index (κ2) is 4.97. The number of carbonyl (C=O) groups excluding carboxylic acids is 1. The second-order valence-electron chi connectivity index (χ2n) is 5.94. The fourth-order valence-corrected chi connectivity index (χ4v) is 3.49. The normalized spacial score (nSPS) is 29.3. The largest absolute Gasteiger partial charge is 0.338 e. The van der Waals surface area contributed by atoms with E-state index in [0.717, 1.165) is 25.9 Å². The van der Waals surface area contributed by atoms with Crippen LogP contribution in [0.5, 0.6) is 0 Å². The number of carbonyl (C=O) groups is 1. The van der Waals surface area contributed by atoms with Crippen LogP contribution in [0.1, 0.15) is 30.5 Å². The van der Waals surface area contributed by atoms with Gasteiger partial charge in [-0.1, -0.05) is 31.2 Å². The summed E-state index contributed by atoms with van der Waals surface area (Å²) in [6.45, 7) is 3.96. The van der Waals surface area contributed by atoms with Crippen LogP contribution in [0.4, 0.5) is 0 Å². The van der Waals surface area contributed by atoms with E-state index < -0.39 is 0 Å². The molecule has 0 saturated carbocycles. The first-order valence-electron chi connectivity index (χ1n) is 7.23. The molecule has 1 unspecified atom stereocenters. The molecule has 1 fully saturated rings. The first kappa shape index (κ1) is 12.7. The molecule has 1 amide bonds. The number of rotatable bonds is 2. The van der Waals surface area contributed by atoms with E-state index in [9.17, 15) is 4.79 Å². The first-order valence-corrected chi connectivity index (χ1v) is 7.23. The summed E-state index contributed by atoms with van der Waals surface area (Å²) < 4.78 is 0. The molecule has 0 aromatic heterocycles. The molecule has 1 aliphatic carbocycles. The lowest BCUT2D eigenvalue weighted by Gasteiger charge is -2.29. The molecule has 1 aliphatic heterocycles. The van der Waals surface area contributed by atoms with E-state index in [1.54, 1.807) is 0 Å². The number of aryl methyl sites for hydroxylation is 1. The highest BCUT2D eigenvalue weighted by Crippen LogP contribution is 2.36. The van der Waals surface area contributed by atoms with Gasteiger partial charge in [-0.15, -0.1) is 0 Å². The summed E-state index contributed by atoms with van der Waals surface area (Å²) >= 11 is 0. The Balaban J connectivity index is 1.78. The van der Waals surface area contributed by atoms with Gasteiger partial charge in [0.1, 0.15) is 0 Å². The molecule has 1 aromatic carbocycles. The fourth-order valence-electron chi connectivity index (χ4n) is 3.49. The summed E-state index contributed by atoms with van der Waals surface area (Å²) in [6, 6.07) is 8.80. The van der Waals surface area contributed by atoms with Gasteiger partial charge in [0.25, 0.3) is 0 Å². The van der Waals surface area contributed by atoms with Crippen molar-refractivity contribution in [2.24, 2.45) is 11.8 Å². The maximum atomic E-state index is 12.6. The molecule has 1 aromatic rings. The lowest BCUT2D eigenvalue weighted by Crippen LogP contribution is -2.38. The zero-order valence-corrected chi connectivity index (χ0v) is 11.7. The van der Waals surface area contributed by atoms with Gasteiger partial charge in [0.2, 0.25) is 5.91 Å². The lowest BCUT2D eigenvalue weighted by molar-refractivity contribution is -0.136. The van der Waals surface area contributed by atoms with E-state index in [4.69, 9.17) is 0 Å². The average molecular weight is 258 g/mol. The van der Waals surface area contributed by atoms with Crippen LogP contribution in [-0.4, -0.2) is 30.9 Å². The van der Waals surface area contributed by atoms with Gasteiger partial charge in [0.15, 0.2) is 0 Å². The van der Waals surface area contributed by atoms with E-state index in [0.29, 0.717) is 11.8 Å². The van der Waals surface area contributed by atoms with E-state index in [2.05, 4.69) is 36.5 Å². The lowest BCUT2D eigenvalue weighted by atomic mass is 9.95. The Kier molecular flexibility index (Phi) is 3.31. The van der Waals surface area contributed by atoms with Gasteiger partial charge in [-0.05, 0) is 36.4 Å². The molecule has 0 spiro atoms. The van der Waals surface area contributed by atoms with Gasteiger partial charge >= 0.3 is 0 Å². The molecule has 3 heteroatoms. The Morgan fingerprint density at radius 2 is 2.11 bits per heavy atom. The van der Waals surface area contributed by atoms with E-state index in [1.165, 1.54) is 11.1 Å². The van der Waals surface area contributed by atoms with Crippen molar-refractivity contribution in [3.63, 3.8) is 0 Å². The zero-order valence-electron chi connectivity index (χ0n) is 11.7. The minimum Gasteiger partial charge on any atom is -0.338 e. The highest BCUT2D eigenvalue weighted by Gasteiger charge is 2.36. The number of nitrogens with one attached hydrogen (secondary N) is 1. The van der Waals surface area contributed by atoms with Crippen LogP contribution in [0.2, 0.25) is 0 Å². The molecule has 19 heavy (non-hydrogen) atoms. The summed E-state index contributed by atoms with van der Waals surface area (Å²) in [5.41, 5.74) is 2.75. The van der Waals surface area contributed by atoms with Crippen molar-refractivity contribution in [3.05, 3.63) is 35.4 Å². The third-order valence-corrected chi connectivity index (χ3v) is 4.75. The summed E-state index contributed by atoms with van der Waals surface area (Å²) in [5, 5.41) is 3.32. The van der Waals surface area contributed by atoms with Crippen molar-refractivity contribution in [1.29, 1.82) is 0 Å². The highest BCUT2D eigenvalue weighted by atomic mass is 16.2. The number of amides is 1. The number of hydrogen-bond donors (Lipinski definition) is 1. The van der Waals surface area contributed by atoms with E-state index in [1.807, 2.05) is 11.9 Å². The van der Waals surface area contributed by atoms with Crippen molar-refractivity contribution < 1.29 is 4.79 Å². The van der Waals surface area contributed by atoms with Gasteiger partial charge in [-0.3, -0.25) is 4.79 Å². The van der Waals surface area contributed by atoms with E-state index >= 15 is 0 Å². The molecule has 0 bridgehead atoms. The Bertz CT molecular complexity index is 485. The minimum atomic E-state index is 0.151. The summed E-state index contributed by atoms with van der Waals surface area (Å²) in [5.74, 6) is 0.906. The Hall–Kier alpha value is -1.35. The van der Waals surface area contributed by atoms with Crippen LogP contribution in [-0.2, 0) is 11.2 Å². The fraction of sp³-hybridized carbons (Fsp3) is 0.562. The second-order valence-corrected chi connectivity index (χ2v) is 5.94. The molecular formula is C16H22N2O. The molecule has 102 valence electrons. The van der Waals surface area contributed by atoms with Gasteiger partial charge in [-0.2, -0.15) is 0 Å². The Labute approximate surface area is 115 Å². The van der Waals surface area contributed by atoms with Gasteiger partial charge in [-0.25, -0.2) is 0 Å². The highest BCUT2D eigenvalue weighted by molar-refractivity contribution is 5.80. The number of nitrogens with zero attached hydrogens (tertiary/aromatic N) is 1. The maximum Gasteiger partial charge on any atom is 0.227 e. The Morgan fingerprint density at radius 3 is 2.84 bits per heavy atom. The number of fused-ring (bicyclic) bond motifs is 1. The monoisotopic (exact) mass is 258 g/mol. The molecule has 3 rings (SSSR count). The SMILES string of the molecule is C[C@@H]1CNC[C@H]1C(=O)N(C)C1CCc2ccccc21. The summed E-state index contributed by atoms with van der Waals surface area (Å²) in [7, 11) is 1.97. The number of benzene rings is 1. The van der Waals surface area contributed by atoms with Crippen molar-refractivity contribution >= 4 is 5.91 Å². The molecule has 1 N–H and O–H groups in total. The summed E-state index contributed by atoms with van der Waals surface area (Å²) in [4.78, 5) is 14.6. The van der Waals surface area contributed by atoms with Gasteiger partial charge in [0.05, 0.1) is 12.0 Å². The smallest absolute Gasteiger partial charge is 0.227 e. The van der Waals surface area contributed by atoms with E-state index in [-0.39, 0.29) is 12.0 Å². The third kappa shape index (κ3) is 2.16. The van der Waals surface area contributed by atoms with Crippen LogP contribution >= 0.6 is 0 Å². The van der Waals surface area contributed by atoms with Crippen molar-refractivity contribution in [2.45, 2.75) is 25.8 Å². The average Bonchev–Trinajstić information content (AvgIpc) is 3.03. The maximum absolute atomic E-state index is 12.6. The van der Waals surface area contributed by atoms with Crippen molar-refractivity contribution in [1.82, 2.24) is 10.2 Å². The topological polar surface area (TPSA) is 32.3 Å². The molecular weight excluding hydrogens is 236 g/mol. The number of hydrogen-bond acceptors (Lipinski definition) is 2. The molecule has 3 nitrogen and oxygen atoms in total. The van der Waals surface area contributed by atoms with Gasteiger partial charge < -0.3 is 10.2 Å². The van der Waals surface area contributed by atoms with Crippen LogP contribution in [0, 0.1) is 11.8 Å². The van der Waals surface area contributed by atoms with Crippen LogP contribution in [0.25, 0.3) is 0 Å². The molecule has 3 atom stereocenters. The van der Waals surface area contributed by atoms with Crippen LogP contribution < -0.4 is 5.32 Å². The molecule has 2 aliphatic rings. The predicted octanol–water partition coefficient (Wildman–Crippen LogP) is 1.99. The predicted molar refractivity (Wildman–Crippen MR) is 75.8 cm³/mol. The molecule has 1 heterocycles. The van der Waals surface area contributed by atoms with Crippen LogP contribution in [0.3, 0.4) is 0 Å². The summed E-state index contributed by atoms with van der Waals surface area (Å²) in [6.07, 6.45) is 2.16. The standard InChI is InChI=1S/C16H22N2O/c1-11-9-17-10-14(11)16(19)18(2)15-8-7-12-5-3-4-6-13(12)15/h3-6,11,14-15,17H,7-10H2,1-2H3/t11-,14-,15?/m1/s1. The van der Waals surface area contributed by atoms with Crippen molar-refractivity contribution in [3.8, 4) is 0 Å². The Morgan fingerprint density at radius 1 is 1.32 bits per heavy atom. The third-order valence-electron chi connectivity index (χ3n) is 4.75. The molecule has 0 radical (unpaired) electrons. The quantitative estimate of drug-likeness (QED) is 0.880. The molecule has 1 saturated heterocycles. The first-order chi connectivity index (χ1) is 9.18. The van der Waals surface area contributed by atoms with Crippen LogP contribution in [0.15, 0.2) is 24.3 Å². The van der Waals surface area contributed by atoms with Gasteiger partial charge in [0, 0.05) is 13.6 Å². The zero-order chi connectivity index (χ0) is 13.4. The minimum absolute atomic E-state index is 0.151.